The zero-order valence-electron chi connectivity index (χ0n) is 14.7. The van der Waals surface area contributed by atoms with E-state index >= 15 is 0 Å². The molecular weight excluding hydrogens is 306 g/mol. The van der Waals surface area contributed by atoms with Crippen LogP contribution in [0.3, 0.4) is 0 Å². The molecule has 7 nitrogen and oxygen atoms in total. The molecule has 1 aliphatic heterocycles. The van der Waals surface area contributed by atoms with Crippen molar-refractivity contribution < 1.29 is 9.53 Å². The number of hydrogen-bond donors (Lipinski definition) is 1. The van der Waals surface area contributed by atoms with E-state index in [9.17, 15) is 4.79 Å². The Bertz CT molecular complexity index is 728. The molecule has 1 amide bonds. The first-order chi connectivity index (χ1) is 11.3. The molecule has 1 fully saturated rings. The Morgan fingerprint density at radius 1 is 1.42 bits per heavy atom. The summed E-state index contributed by atoms with van der Waals surface area (Å²) in [5.74, 6) is 1.55. The van der Waals surface area contributed by atoms with Gasteiger partial charge < -0.3 is 15.0 Å². The number of nitrogens with zero attached hydrogens (tertiary/aromatic N) is 4. The number of carbonyl (C=O) groups excluding carboxylic acids is 1. The number of alkyl carbamates (subject to hydrolysis) is 1. The first-order valence-corrected chi connectivity index (χ1v) is 8.34. The van der Waals surface area contributed by atoms with E-state index in [0.717, 1.165) is 30.8 Å². The predicted molar refractivity (Wildman–Crippen MR) is 92.3 cm³/mol. The van der Waals surface area contributed by atoms with Crippen LogP contribution < -0.4 is 10.2 Å². The maximum absolute atomic E-state index is 11.6. The van der Waals surface area contributed by atoms with E-state index in [0.29, 0.717) is 12.5 Å². The van der Waals surface area contributed by atoms with Crippen molar-refractivity contribution in [2.45, 2.75) is 39.7 Å². The maximum Gasteiger partial charge on any atom is 0.407 e. The number of nitrogens with one attached hydrogen (secondary N) is 1. The quantitative estimate of drug-likeness (QED) is 0.931. The lowest BCUT2D eigenvalue weighted by Crippen LogP contribution is -2.48. The van der Waals surface area contributed by atoms with Crippen LogP contribution >= 0.6 is 0 Å². The Balaban J connectivity index is 1.47. The molecule has 7 heteroatoms. The summed E-state index contributed by atoms with van der Waals surface area (Å²) in [6.07, 6.45) is 4.15. The van der Waals surface area contributed by atoms with Gasteiger partial charge in [0.15, 0.2) is 5.82 Å². The van der Waals surface area contributed by atoms with Gasteiger partial charge in [0.05, 0.1) is 0 Å². The van der Waals surface area contributed by atoms with Crippen LogP contribution in [0, 0.1) is 12.8 Å². The molecule has 0 spiro atoms. The average molecular weight is 331 g/mol. The molecule has 1 saturated heterocycles. The molecule has 0 atom stereocenters. The number of aromatic nitrogens is 3. The van der Waals surface area contributed by atoms with Crippen molar-refractivity contribution in [3.05, 3.63) is 24.2 Å². The highest BCUT2D eigenvalue weighted by atomic mass is 16.6. The second-order valence-corrected chi connectivity index (χ2v) is 7.36. The van der Waals surface area contributed by atoms with Crippen molar-refractivity contribution in [3.8, 4) is 0 Å². The molecule has 0 aromatic carbocycles. The third kappa shape index (κ3) is 3.60. The van der Waals surface area contributed by atoms with Crippen LogP contribution in [0.2, 0.25) is 0 Å². The topological polar surface area (TPSA) is 71.8 Å². The Hall–Kier alpha value is -2.31. The third-order valence-corrected chi connectivity index (χ3v) is 4.11. The Morgan fingerprint density at radius 3 is 2.88 bits per heavy atom. The smallest absolute Gasteiger partial charge is 0.407 e. The Kier molecular flexibility index (Phi) is 4.34. The van der Waals surface area contributed by atoms with E-state index in [1.165, 1.54) is 5.56 Å². The van der Waals surface area contributed by atoms with Crippen molar-refractivity contribution >= 4 is 17.4 Å². The molecule has 3 rings (SSSR count). The number of anilines is 1. The lowest BCUT2D eigenvalue weighted by molar-refractivity contribution is 0.0524. The van der Waals surface area contributed by atoms with Gasteiger partial charge in [-0.05, 0) is 51.7 Å². The monoisotopic (exact) mass is 331 g/mol. The summed E-state index contributed by atoms with van der Waals surface area (Å²) in [5, 5.41) is 7.06. The molecule has 1 aliphatic rings. The summed E-state index contributed by atoms with van der Waals surface area (Å²) >= 11 is 0. The van der Waals surface area contributed by atoms with E-state index in [1.54, 1.807) is 6.33 Å². The maximum atomic E-state index is 11.6. The van der Waals surface area contributed by atoms with Crippen molar-refractivity contribution in [1.29, 1.82) is 0 Å². The van der Waals surface area contributed by atoms with Gasteiger partial charge in [0, 0.05) is 25.8 Å². The van der Waals surface area contributed by atoms with E-state index in [4.69, 9.17) is 4.74 Å². The number of hydrogen-bond acceptors (Lipinski definition) is 5. The number of amides is 1. The van der Waals surface area contributed by atoms with Gasteiger partial charge in [0.2, 0.25) is 0 Å². The zero-order chi connectivity index (χ0) is 17.3. The number of fused-ring (bicyclic) bond motifs is 1. The second kappa shape index (κ2) is 6.30. The molecule has 3 heterocycles. The first-order valence-electron chi connectivity index (χ1n) is 8.34. The highest BCUT2D eigenvalue weighted by Crippen LogP contribution is 2.29. The third-order valence-electron chi connectivity index (χ3n) is 4.11. The minimum absolute atomic E-state index is 0.347. The van der Waals surface area contributed by atoms with Crippen molar-refractivity contribution in [2.24, 2.45) is 5.92 Å². The molecule has 0 aliphatic carbocycles. The summed E-state index contributed by atoms with van der Waals surface area (Å²) in [4.78, 5) is 18.3. The van der Waals surface area contributed by atoms with Gasteiger partial charge in [0.25, 0.3) is 0 Å². The average Bonchev–Trinajstić information content (AvgIpc) is 2.81. The predicted octanol–water partition coefficient (Wildman–Crippen LogP) is 2.39. The van der Waals surface area contributed by atoms with Gasteiger partial charge in [0.1, 0.15) is 17.4 Å². The molecule has 1 N–H and O–H groups in total. The van der Waals surface area contributed by atoms with Gasteiger partial charge in [-0.2, -0.15) is 5.10 Å². The summed E-state index contributed by atoms with van der Waals surface area (Å²) in [5.41, 5.74) is 1.80. The minimum Gasteiger partial charge on any atom is -0.444 e. The standard InChI is InChI=1S/C17H25N5O2/c1-12-6-8-22-14(12)15(19-11-20-22)21-9-13(10-21)5-7-18-16(23)24-17(2,3)4/h6,8,11,13H,5,7,9-10H2,1-4H3,(H,18,23). The fraction of sp³-hybridized carbons (Fsp3) is 0.588. The molecule has 24 heavy (non-hydrogen) atoms. The number of carbonyl (C=O) groups is 1. The summed E-state index contributed by atoms with van der Waals surface area (Å²) in [7, 11) is 0. The second-order valence-electron chi connectivity index (χ2n) is 7.36. The van der Waals surface area contributed by atoms with Gasteiger partial charge in [-0.3, -0.25) is 0 Å². The van der Waals surface area contributed by atoms with Crippen LogP contribution in [0.15, 0.2) is 18.6 Å². The van der Waals surface area contributed by atoms with Gasteiger partial charge in [-0.15, -0.1) is 0 Å². The van der Waals surface area contributed by atoms with E-state index in [2.05, 4.69) is 33.3 Å². The number of aryl methyl sites for hydroxylation is 1. The molecule has 0 radical (unpaired) electrons. The normalized spacial score (nSPS) is 15.4. The van der Waals surface area contributed by atoms with Crippen LogP contribution in [0.4, 0.5) is 10.6 Å². The molecule has 2 aromatic heterocycles. The lowest BCUT2D eigenvalue weighted by atomic mass is 9.96. The lowest BCUT2D eigenvalue weighted by Gasteiger charge is -2.40. The first kappa shape index (κ1) is 16.5. The molecule has 0 saturated carbocycles. The van der Waals surface area contributed by atoms with Crippen molar-refractivity contribution in [1.82, 2.24) is 19.9 Å². The number of rotatable bonds is 4. The largest absolute Gasteiger partial charge is 0.444 e. The number of ether oxygens (including phenoxy) is 1. The summed E-state index contributed by atoms with van der Waals surface area (Å²) in [6.45, 7) is 10.2. The summed E-state index contributed by atoms with van der Waals surface area (Å²) in [6, 6.07) is 2.05. The van der Waals surface area contributed by atoms with Gasteiger partial charge in [-0.1, -0.05) is 0 Å². The molecular formula is C17H25N5O2. The Morgan fingerprint density at radius 2 is 2.17 bits per heavy atom. The van der Waals surface area contributed by atoms with Crippen LogP contribution in [0.25, 0.3) is 5.52 Å². The van der Waals surface area contributed by atoms with Crippen molar-refractivity contribution in [3.63, 3.8) is 0 Å². The summed E-state index contributed by atoms with van der Waals surface area (Å²) < 4.78 is 7.10. The Labute approximate surface area is 142 Å². The SMILES string of the molecule is Cc1ccn2ncnc(N3CC(CCNC(=O)OC(C)(C)C)C3)c12. The molecule has 0 unspecified atom stereocenters. The fourth-order valence-corrected chi connectivity index (χ4v) is 2.94. The zero-order valence-corrected chi connectivity index (χ0v) is 14.7. The van der Waals surface area contributed by atoms with Crippen molar-refractivity contribution in [2.75, 3.05) is 24.5 Å². The molecule has 2 aromatic rings. The highest BCUT2D eigenvalue weighted by molar-refractivity contribution is 5.73. The molecule has 0 bridgehead atoms. The molecule has 130 valence electrons. The van der Waals surface area contributed by atoms with Gasteiger partial charge >= 0.3 is 6.09 Å². The van der Waals surface area contributed by atoms with Crippen LogP contribution in [0.5, 0.6) is 0 Å². The van der Waals surface area contributed by atoms with Gasteiger partial charge in [-0.25, -0.2) is 14.3 Å². The van der Waals surface area contributed by atoms with Crippen LogP contribution in [-0.2, 0) is 4.74 Å². The fourth-order valence-electron chi connectivity index (χ4n) is 2.94. The van der Waals surface area contributed by atoms with Crippen LogP contribution in [-0.4, -0.2) is 45.9 Å². The van der Waals surface area contributed by atoms with E-state index in [1.807, 2.05) is 31.5 Å². The highest BCUT2D eigenvalue weighted by Gasteiger charge is 2.29. The van der Waals surface area contributed by atoms with E-state index in [-0.39, 0.29) is 6.09 Å². The van der Waals surface area contributed by atoms with Crippen LogP contribution in [0.1, 0.15) is 32.8 Å². The van der Waals surface area contributed by atoms with E-state index < -0.39 is 5.60 Å². The minimum atomic E-state index is -0.454.